The van der Waals surface area contributed by atoms with Gasteiger partial charge in [-0.3, -0.25) is 0 Å². The molecule has 0 aromatic heterocycles. The summed E-state index contributed by atoms with van der Waals surface area (Å²) in [7, 11) is 3.66. The molecule has 0 saturated carbocycles. The van der Waals surface area contributed by atoms with Crippen molar-refractivity contribution < 1.29 is 6.16 Å². The molecule has 0 amide bonds. The zero-order valence-corrected chi connectivity index (χ0v) is 15.9. The highest BCUT2D eigenvalue weighted by molar-refractivity contribution is 8.77. The quantitative estimate of drug-likeness (QED) is 0.398. The van der Waals surface area contributed by atoms with Crippen LogP contribution in [0.2, 0.25) is 0 Å². The summed E-state index contributed by atoms with van der Waals surface area (Å²) in [6.45, 7) is 16.0. The third-order valence-corrected chi connectivity index (χ3v) is 5.40. The van der Waals surface area contributed by atoms with Crippen molar-refractivity contribution in [3.05, 3.63) is 0 Å². The Morgan fingerprint density at radius 3 is 2.30 bits per heavy atom. The summed E-state index contributed by atoms with van der Waals surface area (Å²) in [6, 6.07) is 0. The smallest absolute Gasteiger partial charge is 0.114 e. The summed E-state index contributed by atoms with van der Waals surface area (Å²) in [5.74, 6) is 6.59. The molecular formula is C16H35NOS2. The predicted octanol–water partition coefficient (Wildman–Crippen LogP) is 5.18. The van der Waals surface area contributed by atoms with Crippen LogP contribution in [-0.4, -0.2) is 23.3 Å². The second-order valence-electron chi connectivity index (χ2n) is 5.44. The van der Waals surface area contributed by atoms with Gasteiger partial charge in [-0.05, 0) is 19.4 Å². The monoisotopic (exact) mass is 321 g/mol. The largest absolute Gasteiger partial charge is 0.354 e. The molecule has 0 rings (SSSR count). The molecule has 0 aliphatic heterocycles. The van der Waals surface area contributed by atoms with Crippen LogP contribution in [-0.2, 0) is 4.74 Å². The maximum absolute atomic E-state index is 5.80. The standard InChI is InChI=1S/C14H27NOS2.C2H6.H2/c1-12(2)8-7-11-16-13(9-6-10-15)17-18-14(3,4)5;1-2;/h12-13H,6,9-11,15H2,1-5H3;1-2H3;1H. The Labute approximate surface area is 136 Å². The van der Waals surface area contributed by atoms with Gasteiger partial charge in [0.05, 0.1) is 0 Å². The first-order valence-electron chi connectivity index (χ1n) is 7.49. The molecule has 0 spiro atoms. The number of hydrogen-bond acceptors (Lipinski definition) is 4. The normalized spacial score (nSPS) is 12.2. The minimum absolute atomic E-state index is 0. The van der Waals surface area contributed by atoms with Gasteiger partial charge in [-0.15, -0.1) is 0 Å². The van der Waals surface area contributed by atoms with Crippen molar-refractivity contribution in [2.45, 2.75) is 71.5 Å². The Morgan fingerprint density at radius 2 is 1.85 bits per heavy atom. The van der Waals surface area contributed by atoms with E-state index < -0.39 is 0 Å². The predicted molar refractivity (Wildman–Crippen MR) is 99.0 cm³/mol. The van der Waals surface area contributed by atoms with Crippen molar-refractivity contribution in [1.82, 2.24) is 0 Å². The van der Waals surface area contributed by atoms with Gasteiger partial charge in [0.25, 0.3) is 0 Å². The fraction of sp³-hybridized carbons (Fsp3) is 0.875. The van der Waals surface area contributed by atoms with E-state index in [1.165, 1.54) is 0 Å². The van der Waals surface area contributed by atoms with E-state index in [0.717, 1.165) is 19.4 Å². The average molecular weight is 322 g/mol. The Bertz CT molecular complexity index is 270. The van der Waals surface area contributed by atoms with Crippen LogP contribution < -0.4 is 5.73 Å². The number of rotatable bonds is 7. The van der Waals surface area contributed by atoms with Crippen LogP contribution >= 0.6 is 21.6 Å². The summed E-state index contributed by atoms with van der Waals surface area (Å²) >= 11 is 0. The van der Waals surface area contributed by atoms with Crippen molar-refractivity contribution in [3.8, 4) is 11.8 Å². The molecule has 0 fully saturated rings. The van der Waals surface area contributed by atoms with E-state index in [1.807, 2.05) is 24.6 Å². The molecule has 0 heterocycles. The zero-order valence-electron chi connectivity index (χ0n) is 14.3. The van der Waals surface area contributed by atoms with Crippen molar-refractivity contribution in [1.29, 1.82) is 0 Å². The molecule has 0 aromatic rings. The third kappa shape index (κ3) is 18.2. The first-order valence-corrected chi connectivity index (χ1v) is 9.71. The first-order chi connectivity index (χ1) is 9.35. The van der Waals surface area contributed by atoms with Crippen molar-refractivity contribution >= 4 is 21.6 Å². The second kappa shape index (κ2) is 14.1. The van der Waals surface area contributed by atoms with E-state index in [1.54, 1.807) is 10.8 Å². The second-order valence-corrected chi connectivity index (χ2v) is 8.63. The Hall–Kier alpha value is 0.180. The Balaban J connectivity index is -0.00000103. The molecule has 0 radical (unpaired) electrons. The lowest BCUT2D eigenvalue weighted by Gasteiger charge is -2.21. The zero-order chi connectivity index (χ0) is 16.0. The summed E-state index contributed by atoms with van der Waals surface area (Å²) in [5.41, 5.74) is 5.75. The first kappa shape index (κ1) is 22.5. The van der Waals surface area contributed by atoms with Gasteiger partial charge in [-0.1, -0.05) is 81.9 Å². The van der Waals surface area contributed by atoms with Crippen LogP contribution in [0, 0.1) is 17.8 Å². The van der Waals surface area contributed by atoms with Gasteiger partial charge in [-0.2, -0.15) is 0 Å². The van der Waals surface area contributed by atoms with E-state index in [-0.39, 0.29) is 11.6 Å². The lowest BCUT2D eigenvalue weighted by Crippen LogP contribution is -2.13. The van der Waals surface area contributed by atoms with Gasteiger partial charge in [0.2, 0.25) is 0 Å². The van der Waals surface area contributed by atoms with E-state index >= 15 is 0 Å². The van der Waals surface area contributed by atoms with Crippen molar-refractivity contribution in [3.63, 3.8) is 0 Å². The van der Waals surface area contributed by atoms with Crippen LogP contribution in [0.4, 0.5) is 0 Å². The summed E-state index contributed by atoms with van der Waals surface area (Å²) in [4.78, 5) is 0. The van der Waals surface area contributed by atoms with Gasteiger partial charge in [0.15, 0.2) is 0 Å². The van der Waals surface area contributed by atoms with E-state index in [4.69, 9.17) is 10.5 Å². The van der Waals surface area contributed by atoms with E-state index in [2.05, 4.69) is 46.5 Å². The van der Waals surface area contributed by atoms with Crippen LogP contribution in [0.25, 0.3) is 0 Å². The molecule has 0 saturated heterocycles. The fourth-order valence-corrected chi connectivity index (χ4v) is 3.45. The lowest BCUT2D eigenvalue weighted by atomic mass is 10.2. The van der Waals surface area contributed by atoms with E-state index in [0.29, 0.717) is 12.5 Å². The lowest BCUT2D eigenvalue weighted by molar-refractivity contribution is 0.137. The van der Waals surface area contributed by atoms with Crippen LogP contribution in [0.15, 0.2) is 0 Å². The maximum atomic E-state index is 5.80. The van der Waals surface area contributed by atoms with Crippen molar-refractivity contribution in [2.24, 2.45) is 11.7 Å². The van der Waals surface area contributed by atoms with E-state index in [9.17, 15) is 0 Å². The third-order valence-electron chi connectivity index (χ3n) is 1.78. The SMILES string of the molecule is CC.CC(C)C#CCOC(CCCN)SSC(C)(C)C.[HH]. The Morgan fingerprint density at radius 1 is 1.25 bits per heavy atom. The van der Waals surface area contributed by atoms with Crippen LogP contribution in [0.5, 0.6) is 0 Å². The molecular weight excluding hydrogens is 286 g/mol. The highest BCUT2D eigenvalue weighted by Crippen LogP contribution is 2.39. The highest BCUT2D eigenvalue weighted by Gasteiger charge is 2.16. The molecule has 4 heteroatoms. The highest BCUT2D eigenvalue weighted by atomic mass is 33.1. The van der Waals surface area contributed by atoms with Gasteiger partial charge < -0.3 is 10.5 Å². The van der Waals surface area contributed by atoms with Gasteiger partial charge in [0, 0.05) is 12.1 Å². The molecule has 2 nitrogen and oxygen atoms in total. The minimum atomic E-state index is 0. The van der Waals surface area contributed by atoms with Crippen LogP contribution in [0.3, 0.4) is 0 Å². The summed E-state index contributed by atoms with van der Waals surface area (Å²) in [5, 5.41) is 0. The molecule has 0 aromatic carbocycles. The molecule has 122 valence electrons. The number of nitrogens with two attached hydrogens (primary N) is 1. The summed E-state index contributed by atoms with van der Waals surface area (Å²) < 4.78 is 6.05. The van der Waals surface area contributed by atoms with Gasteiger partial charge in [0.1, 0.15) is 12.0 Å². The molecule has 0 aliphatic rings. The van der Waals surface area contributed by atoms with Crippen LogP contribution in [0.1, 0.15) is 62.7 Å². The molecule has 0 aliphatic carbocycles. The molecule has 0 bridgehead atoms. The average Bonchev–Trinajstić information content (AvgIpc) is 2.37. The van der Waals surface area contributed by atoms with Crippen molar-refractivity contribution in [2.75, 3.05) is 13.2 Å². The minimum Gasteiger partial charge on any atom is -0.354 e. The Kier molecular flexibility index (Phi) is 15.9. The summed E-state index contributed by atoms with van der Waals surface area (Å²) in [6.07, 6.45) is 1.99. The van der Waals surface area contributed by atoms with Gasteiger partial charge in [-0.25, -0.2) is 0 Å². The molecule has 20 heavy (non-hydrogen) atoms. The molecule has 1 atom stereocenters. The fourth-order valence-electron chi connectivity index (χ4n) is 1.02. The van der Waals surface area contributed by atoms with Gasteiger partial charge >= 0.3 is 0 Å². The number of hydrogen-bond donors (Lipinski definition) is 1. The molecule has 1 unspecified atom stereocenters. The number of ether oxygens (including phenoxy) is 1. The topological polar surface area (TPSA) is 35.2 Å². The maximum Gasteiger partial charge on any atom is 0.114 e. The molecule has 2 N–H and O–H groups in total.